The van der Waals surface area contributed by atoms with Crippen LogP contribution in [0.15, 0.2) is 24.3 Å². The number of halogens is 3. The number of ether oxygens (including phenoxy) is 1. The maximum Gasteiger partial charge on any atom is 0.573 e. The predicted octanol–water partition coefficient (Wildman–Crippen LogP) is 1.72. The number of carbonyl (C=O) groups is 1. The third-order valence-corrected chi connectivity index (χ3v) is 2.25. The molecular formula is C11H13F3N2O2. The van der Waals surface area contributed by atoms with E-state index in [1.807, 2.05) is 0 Å². The topological polar surface area (TPSA) is 64.3 Å². The Labute approximate surface area is 102 Å². The van der Waals surface area contributed by atoms with Crippen LogP contribution in [0.2, 0.25) is 0 Å². The van der Waals surface area contributed by atoms with E-state index in [4.69, 9.17) is 5.73 Å². The van der Waals surface area contributed by atoms with E-state index >= 15 is 0 Å². The summed E-state index contributed by atoms with van der Waals surface area (Å²) in [4.78, 5) is 10.8. The minimum Gasteiger partial charge on any atom is -0.406 e. The van der Waals surface area contributed by atoms with Crippen LogP contribution < -0.4 is 15.8 Å². The van der Waals surface area contributed by atoms with Crippen molar-refractivity contribution in [1.82, 2.24) is 5.32 Å². The normalized spacial score (nSPS) is 13.1. The van der Waals surface area contributed by atoms with Crippen LogP contribution in [0.1, 0.15) is 18.0 Å². The van der Waals surface area contributed by atoms with Gasteiger partial charge in [0.05, 0.1) is 0 Å². The highest BCUT2D eigenvalue weighted by molar-refractivity contribution is 5.74. The molecule has 0 aliphatic heterocycles. The van der Waals surface area contributed by atoms with Gasteiger partial charge >= 0.3 is 6.36 Å². The highest BCUT2D eigenvalue weighted by atomic mass is 19.4. The van der Waals surface area contributed by atoms with Gasteiger partial charge in [-0.2, -0.15) is 0 Å². The van der Waals surface area contributed by atoms with Gasteiger partial charge in [-0.3, -0.25) is 4.79 Å². The molecule has 0 saturated heterocycles. The molecule has 1 atom stereocenters. The van der Waals surface area contributed by atoms with Crippen molar-refractivity contribution in [3.63, 3.8) is 0 Å². The van der Waals surface area contributed by atoms with Gasteiger partial charge in [0.1, 0.15) is 5.75 Å². The average molecular weight is 262 g/mol. The number of amides is 1. The summed E-state index contributed by atoms with van der Waals surface area (Å²) in [5.74, 6) is -0.874. The van der Waals surface area contributed by atoms with Crippen molar-refractivity contribution in [3.05, 3.63) is 29.8 Å². The van der Waals surface area contributed by atoms with E-state index in [1.165, 1.54) is 18.2 Å². The van der Waals surface area contributed by atoms with E-state index in [-0.39, 0.29) is 12.2 Å². The van der Waals surface area contributed by atoms with Crippen molar-refractivity contribution >= 4 is 5.91 Å². The maximum absolute atomic E-state index is 12.1. The monoisotopic (exact) mass is 262 g/mol. The molecule has 4 nitrogen and oxygen atoms in total. The van der Waals surface area contributed by atoms with Crippen LogP contribution in [-0.4, -0.2) is 19.3 Å². The third-order valence-electron chi connectivity index (χ3n) is 2.25. The van der Waals surface area contributed by atoms with Crippen molar-refractivity contribution in [2.75, 3.05) is 7.05 Å². The Morgan fingerprint density at radius 3 is 2.67 bits per heavy atom. The van der Waals surface area contributed by atoms with Crippen molar-refractivity contribution in [3.8, 4) is 5.75 Å². The van der Waals surface area contributed by atoms with E-state index < -0.39 is 18.3 Å². The molecule has 0 radical (unpaired) electrons. The molecular weight excluding hydrogens is 249 g/mol. The van der Waals surface area contributed by atoms with Crippen LogP contribution in [0.4, 0.5) is 13.2 Å². The highest BCUT2D eigenvalue weighted by Gasteiger charge is 2.31. The quantitative estimate of drug-likeness (QED) is 0.849. The molecule has 100 valence electrons. The van der Waals surface area contributed by atoms with Gasteiger partial charge in [-0.05, 0) is 24.7 Å². The smallest absolute Gasteiger partial charge is 0.406 e. The first-order valence-corrected chi connectivity index (χ1v) is 5.13. The average Bonchev–Trinajstić information content (AvgIpc) is 2.23. The minimum absolute atomic E-state index is 0.00797. The lowest BCUT2D eigenvalue weighted by Crippen LogP contribution is -2.24. The lowest BCUT2D eigenvalue weighted by atomic mass is 10.0. The molecule has 1 unspecified atom stereocenters. The number of alkyl halides is 3. The fraction of sp³-hybridized carbons (Fsp3) is 0.364. The zero-order chi connectivity index (χ0) is 13.8. The van der Waals surface area contributed by atoms with E-state index in [0.29, 0.717) is 5.56 Å². The molecule has 18 heavy (non-hydrogen) atoms. The SMILES string of the molecule is CNC(CC(N)=O)c1cccc(OC(F)(F)F)c1. The summed E-state index contributed by atoms with van der Waals surface area (Å²) < 4.78 is 40.0. The molecule has 1 rings (SSSR count). The van der Waals surface area contributed by atoms with Crippen LogP contribution in [-0.2, 0) is 4.79 Å². The number of nitrogens with one attached hydrogen (secondary N) is 1. The minimum atomic E-state index is -4.74. The molecule has 0 aliphatic rings. The maximum atomic E-state index is 12.1. The molecule has 1 aromatic carbocycles. The Hall–Kier alpha value is -1.76. The number of benzene rings is 1. The van der Waals surface area contributed by atoms with E-state index in [2.05, 4.69) is 10.1 Å². The summed E-state index contributed by atoms with van der Waals surface area (Å²) in [5.41, 5.74) is 5.55. The van der Waals surface area contributed by atoms with E-state index in [0.717, 1.165) is 0 Å². The number of primary amides is 1. The molecule has 0 aromatic heterocycles. The van der Waals surface area contributed by atoms with Crippen molar-refractivity contribution < 1.29 is 22.7 Å². The zero-order valence-electron chi connectivity index (χ0n) is 9.62. The highest BCUT2D eigenvalue weighted by Crippen LogP contribution is 2.26. The zero-order valence-corrected chi connectivity index (χ0v) is 9.62. The van der Waals surface area contributed by atoms with Crippen LogP contribution in [0.5, 0.6) is 5.75 Å². The number of hydrogen-bond acceptors (Lipinski definition) is 3. The number of nitrogens with two attached hydrogens (primary N) is 1. The summed E-state index contributed by atoms with van der Waals surface area (Å²) in [7, 11) is 1.59. The summed E-state index contributed by atoms with van der Waals surface area (Å²) >= 11 is 0. The first kappa shape index (κ1) is 14.3. The predicted molar refractivity (Wildman–Crippen MR) is 58.7 cm³/mol. The lowest BCUT2D eigenvalue weighted by molar-refractivity contribution is -0.274. The molecule has 1 aromatic rings. The molecule has 0 fully saturated rings. The number of rotatable bonds is 5. The lowest BCUT2D eigenvalue weighted by Gasteiger charge is -2.16. The van der Waals surface area contributed by atoms with Gasteiger partial charge in [-0.1, -0.05) is 12.1 Å². The Kier molecular flexibility index (Phi) is 4.55. The number of hydrogen-bond donors (Lipinski definition) is 2. The molecule has 3 N–H and O–H groups in total. The van der Waals surface area contributed by atoms with Gasteiger partial charge in [0.25, 0.3) is 0 Å². The molecule has 0 spiro atoms. The van der Waals surface area contributed by atoms with Crippen molar-refractivity contribution in [1.29, 1.82) is 0 Å². The Bertz CT molecular complexity index is 421. The van der Waals surface area contributed by atoms with E-state index in [1.54, 1.807) is 13.1 Å². The van der Waals surface area contributed by atoms with Crippen molar-refractivity contribution in [2.24, 2.45) is 5.73 Å². The van der Waals surface area contributed by atoms with Crippen LogP contribution in [0.3, 0.4) is 0 Å². The fourth-order valence-electron chi connectivity index (χ4n) is 1.52. The summed E-state index contributed by atoms with van der Waals surface area (Å²) in [6, 6.07) is 4.97. The van der Waals surface area contributed by atoms with Gasteiger partial charge in [-0.25, -0.2) is 0 Å². The Morgan fingerprint density at radius 1 is 1.50 bits per heavy atom. The summed E-state index contributed by atoms with van der Waals surface area (Å²) in [5, 5.41) is 2.80. The van der Waals surface area contributed by atoms with E-state index in [9.17, 15) is 18.0 Å². The van der Waals surface area contributed by atoms with Gasteiger partial charge < -0.3 is 15.8 Å². The molecule has 0 bridgehead atoms. The first-order chi connectivity index (χ1) is 8.31. The van der Waals surface area contributed by atoms with Crippen LogP contribution in [0, 0.1) is 0 Å². The molecule has 7 heteroatoms. The second kappa shape index (κ2) is 5.72. The molecule has 1 amide bonds. The van der Waals surface area contributed by atoms with Crippen LogP contribution >= 0.6 is 0 Å². The standard InChI is InChI=1S/C11H13F3N2O2/c1-16-9(6-10(15)17)7-3-2-4-8(5-7)18-11(12,13)14/h2-5,9,16H,6H2,1H3,(H2,15,17). The van der Waals surface area contributed by atoms with Gasteiger partial charge in [0, 0.05) is 12.5 Å². The largest absolute Gasteiger partial charge is 0.573 e. The van der Waals surface area contributed by atoms with Crippen LogP contribution in [0.25, 0.3) is 0 Å². The summed E-state index contributed by atoms with van der Waals surface area (Å²) in [6.45, 7) is 0. The summed E-state index contributed by atoms with van der Waals surface area (Å²) in [6.07, 6.45) is -4.75. The van der Waals surface area contributed by atoms with Gasteiger partial charge in [-0.15, -0.1) is 13.2 Å². The molecule has 0 aliphatic carbocycles. The van der Waals surface area contributed by atoms with Gasteiger partial charge in [0.2, 0.25) is 5.91 Å². The third kappa shape index (κ3) is 4.62. The molecule has 0 saturated carbocycles. The second-order valence-corrected chi connectivity index (χ2v) is 3.63. The molecule has 0 heterocycles. The fourth-order valence-corrected chi connectivity index (χ4v) is 1.52. The Morgan fingerprint density at radius 2 is 2.17 bits per heavy atom. The number of carbonyl (C=O) groups excluding carboxylic acids is 1. The first-order valence-electron chi connectivity index (χ1n) is 5.13. The van der Waals surface area contributed by atoms with Gasteiger partial charge in [0.15, 0.2) is 0 Å². The second-order valence-electron chi connectivity index (χ2n) is 3.63. The Balaban J connectivity index is 2.89. The van der Waals surface area contributed by atoms with Crippen molar-refractivity contribution in [2.45, 2.75) is 18.8 Å².